The number of carbonyl (C=O) groups excluding carboxylic acids is 1. The average Bonchev–Trinajstić information content (AvgIpc) is 3.11. The topological polar surface area (TPSA) is 82.0 Å². The number of nitrogens with zero attached hydrogens (tertiary/aromatic N) is 1. The van der Waals surface area contributed by atoms with Crippen LogP contribution in [0.25, 0.3) is 0 Å². The summed E-state index contributed by atoms with van der Waals surface area (Å²) in [5.74, 6) is 0.337. The van der Waals surface area contributed by atoms with Crippen molar-refractivity contribution in [1.29, 1.82) is 0 Å². The van der Waals surface area contributed by atoms with Gasteiger partial charge >= 0.3 is 5.97 Å². The molecule has 0 spiro atoms. The van der Waals surface area contributed by atoms with Crippen LogP contribution < -0.4 is 5.32 Å². The van der Waals surface area contributed by atoms with Crippen LogP contribution in [0.3, 0.4) is 0 Å². The highest BCUT2D eigenvalue weighted by atomic mass is 35.5. The first kappa shape index (κ1) is 39.6. The summed E-state index contributed by atoms with van der Waals surface area (Å²) in [6.45, 7) is 4.13. The van der Waals surface area contributed by atoms with Gasteiger partial charge in [-0.2, -0.15) is 0 Å². The number of hydrogen-bond donors (Lipinski definition) is 3. The van der Waals surface area contributed by atoms with Gasteiger partial charge in [0.05, 0.1) is 24.9 Å². The lowest BCUT2D eigenvalue weighted by molar-refractivity contribution is -0.0224. The molecule has 2 fully saturated rings. The van der Waals surface area contributed by atoms with Gasteiger partial charge < -0.3 is 25.2 Å². The fourth-order valence-electron chi connectivity index (χ4n) is 5.94. The molecule has 3 N–H and O–H groups in total. The van der Waals surface area contributed by atoms with Crippen LogP contribution in [-0.2, 0) is 16.9 Å². The van der Waals surface area contributed by atoms with E-state index in [1.807, 2.05) is 60.3 Å². The van der Waals surface area contributed by atoms with Crippen molar-refractivity contribution in [2.45, 2.75) is 70.8 Å². The summed E-state index contributed by atoms with van der Waals surface area (Å²) in [6, 6.07) is 32.3. The van der Waals surface area contributed by atoms with Gasteiger partial charge in [0.1, 0.15) is 0 Å². The van der Waals surface area contributed by atoms with Gasteiger partial charge in [0.15, 0.2) is 0 Å². The molecule has 2 aliphatic heterocycles. The number of hydrogen-bond acceptors (Lipinski definition) is 8. The molecule has 2 saturated heterocycles. The number of methoxy groups -OCH3 is 1. The number of aliphatic hydroxyl groups excluding tert-OH is 1. The Balaban J connectivity index is 0.000000253. The highest BCUT2D eigenvalue weighted by Crippen LogP contribution is 2.41. The van der Waals surface area contributed by atoms with E-state index in [0.29, 0.717) is 11.5 Å². The van der Waals surface area contributed by atoms with Crippen LogP contribution in [0.15, 0.2) is 117 Å². The molecule has 0 unspecified atom stereocenters. The Bertz CT molecular complexity index is 1560. The molecule has 0 amide bonds. The lowest BCUT2D eigenvalue weighted by atomic mass is 9.84. The normalized spacial score (nSPS) is 16.0. The molecule has 0 radical (unpaired) electrons. The van der Waals surface area contributed by atoms with Crippen LogP contribution in [0, 0.1) is 0 Å². The van der Waals surface area contributed by atoms with Gasteiger partial charge in [-0.05, 0) is 117 Å². The molecule has 9 heteroatoms. The van der Waals surface area contributed by atoms with Crippen LogP contribution >= 0.6 is 35.9 Å². The van der Waals surface area contributed by atoms with Crippen LogP contribution in [0.1, 0.15) is 66.1 Å². The zero-order valence-electron chi connectivity index (χ0n) is 27.1. The van der Waals surface area contributed by atoms with Crippen LogP contribution in [0.4, 0.5) is 0 Å². The van der Waals surface area contributed by atoms with Crippen molar-refractivity contribution in [3.05, 3.63) is 119 Å². The fraction of sp³-hybridized carbons (Fsp3) is 0.359. The van der Waals surface area contributed by atoms with Crippen LogP contribution in [0.2, 0.25) is 0 Å². The second-order valence-electron chi connectivity index (χ2n) is 11.9. The number of rotatable bonds is 8. The Morgan fingerprint density at radius 2 is 1.40 bits per heavy atom. The zero-order chi connectivity index (χ0) is 32.4. The summed E-state index contributed by atoms with van der Waals surface area (Å²) >= 11 is 3.43. The van der Waals surface area contributed by atoms with Crippen molar-refractivity contribution < 1.29 is 19.7 Å². The average molecular weight is 709 g/mol. The number of benzene rings is 4. The lowest BCUT2D eigenvalue weighted by Gasteiger charge is -2.37. The number of ether oxygens (including phenoxy) is 1. The third-order valence-electron chi connectivity index (χ3n) is 8.74. The molecule has 0 bridgehead atoms. The maximum Gasteiger partial charge on any atom is 0.337 e. The fourth-order valence-corrected chi connectivity index (χ4v) is 8.00. The Morgan fingerprint density at radius 1 is 0.854 bits per heavy atom. The highest BCUT2D eigenvalue weighted by molar-refractivity contribution is 7.99. The number of likely N-dealkylation sites (tertiary alicyclic amines) is 1. The van der Waals surface area contributed by atoms with Crippen molar-refractivity contribution in [1.82, 2.24) is 10.2 Å². The lowest BCUT2D eigenvalue weighted by Crippen LogP contribution is -2.41. The van der Waals surface area contributed by atoms with Crippen molar-refractivity contribution >= 4 is 41.9 Å². The summed E-state index contributed by atoms with van der Waals surface area (Å²) in [6.07, 6.45) is 3.92. The molecule has 6 nitrogen and oxygen atoms in total. The Kier molecular flexibility index (Phi) is 16.0. The molecule has 2 heterocycles. The number of nitrogens with one attached hydrogen (secondary N) is 1. The molecule has 6 rings (SSSR count). The quantitative estimate of drug-likeness (QED) is 0.158. The summed E-state index contributed by atoms with van der Waals surface area (Å²) in [4.78, 5) is 18.5. The van der Waals surface area contributed by atoms with Gasteiger partial charge in [0.25, 0.3) is 0 Å². The van der Waals surface area contributed by atoms with Gasteiger partial charge in [0, 0.05) is 32.7 Å². The van der Waals surface area contributed by atoms with Crippen molar-refractivity contribution in [3.63, 3.8) is 0 Å². The van der Waals surface area contributed by atoms with E-state index in [-0.39, 0.29) is 32.4 Å². The van der Waals surface area contributed by atoms with Gasteiger partial charge in [-0.15, -0.1) is 12.4 Å². The predicted octanol–water partition coefficient (Wildman–Crippen LogP) is 8.39. The minimum Gasteiger partial charge on any atom is -0.465 e. The predicted molar refractivity (Wildman–Crippen MR) is 201 cm³/mol. The van der Waals surface area contributed by atoms with Crippen LogP contribution in [0.5, 0.6) is 0 Å². The van der Waals surface area contributed by atoms with Crippen molar-refractivity contribution in [2.24, 2.45) is 0 Å². The molecule has 4 aromatic rings. The van der Waals surface area contributed by atoms with E-state index in [1.54, 1.807) is 23.9 Å². The molecule has 0 atom stereocenters. The highest BCUT2D eigenvalue weighted by Gasteiger charge is 2.34. The number of carbonyl (C=O) groups is 1. The van der Waals surface area contributed by atoms with Gasteiger partial charge in [0.2, 0.25) is 0 Å². The first-order valence-corrected chi connectivity index (χ1v) is 17.6. The molecule has 48 heavy (non-hydrogen) atoms. The van der Waals surface area contributed by atoms with Gasteiger partial charge in [-0.1, -0.05) is 79.5 Å². The summed E-state index contributed by atoms with van der Waals surface area (Å²) in [5.41, 5.74) is 3.20. The summed E-state index contributed by atoms with van der Waals surface area (Å²) in [5, 5.41) is 23.7. The monoisotopic (exact) mass is 708 g/mol. The number of piperidine rings is 2. The van der Waals surface area contributed by atoms with E-state index >= 15 is 0 Å². The Morgan fingerprint density at radius 3 is 2.00 bits per heavy atom. The Hall–Kier alpha value is -2.82. The molecule has 0 aromatic heterocycles. The maximum absolute atomic E-state index is 11.5. The number of esters is 1. The number of halogens is 1. The molecular formula is C39H49ClN2O4S2. The Labute approximate surface area is 301 Å². The molecule has 0 saturated carbocycles. The number of aliphatic hydroxyl groups is 2. The molecule has 2 aliphatic rings. The minimum absolute atomic E-state index is 0. The smallest absolute Gasteiger partial charge is 0.337 e. The SMILES string of the molecule is C.COC(=O)c1ccc(Sc2ccccc2C2(O)CCN(C)CC2)cc1.Cl.OCc1ccc(Sc2ccccc2C2CCNCC2)cc1. The second kappa shape index (κ2) is 19.4. The first-order valence-electron chi connectivity index (χ1n) is 15.9. The van der Waals surface area contributed by atoms with Crippen molar-refractivity contribution in [3.8, 4) is 0 Å². The second-order valence-corrected chi connectivity index (χ2v) is 14.1. The van der Waals surface area contributed by atoms with Crippen molar-refractivity contribution in [2.75, 3.05) is 40.3 Å². The van der Waals surface area contributed by atoms with E-state index in [1.165, 1.54) is 35.3 Å². The van der Waals surface area contributed by atoms with Gasteiger partial charge in [-0.25, -0.2) is 4.79 Å². The van der Waals surface area contributed by atoms with Crippen LogP contribution in [-0.4, -0.2) is 61.4 Å². The third kappa shape index (κ3) is 10.6. The standard InChI is InChI=1S/C20H23NO3S.C18H21NOS.CH4.ClH/c1-21-13-11-20(23,12-14-21)17-5-3-4-6-18(17)25-16-9-7-15(8-10-16)19(22)24-2;20-13-14-5-7-16(8-6-14)21-18-4-2-1-3-17(18)15-9-11-19-12-10-15;;/h3-10,23H,11-14H2,1-2H3;1-8,15,19-20H,9-13H2;1H4;1H. The van der Waals surface area contributed by atoms with E-state index in [0.717, 1.165) is 59.9 Å². The van der Waals surface area contributed by atoms with E-state index < -0.39 is 5.60 Å². The summed E-state index contributed by atoms with van der Waals surface area (Å²) < 4.78 is 4.73. The summed E-state index contributed by atoms with van der Waals surface area (Å²) in [7, 11) is 3.46. The molecule has 258 valence electrons. The first-order chi connectivity index (χ1) is 22.4. The molecular weight excluding hydrogens is 660 g/mol. The largest absolute Gasteiger partial charge is 0.465 e. The molecule has 4 aromatic carbocycles. The van der Waals surface area contributed by atoms with E-state index in [4.69, 9.17) is 9.84 Å². The molecule has 0 aliphatic carbocycles. The van der Waals surface area contributed by atoms with E-state index in [9.17, 15) is 9.90 Å². The maximum atomic E-state index is 11.5. The van der Waals surface area contributed by atoms with E-state index in [2.05, 4.69) is 53.7 Å². The zero-order valence-corrected chi connectivity index (χ0v) is 29.5. The van der Waals surface area contributed by atoms with Gasteiger partial charge in [-0.3, -0.25) is 0 Å². The third-order valence-corrected chi connectivity index (χ3v) is 10.9. The minimum atomic E-state index is -0.776.